The number of nitro groups is 1. The minimum Gasteiger partial charge on any atom is -0.494 e. The minimum absolute atomic E-state index is 0.0140. The number of ether oxygens (including phenoxy) is 1. The Morgan fingerprint density at radius 1 is 1.16 bits per heavy atom. The van der Waals surface area contributed by atoms with Gasteiger partial charge in [0, 0.05) is 35.9 Å². The van der Waals surface area contributed by atoms with Gasteiger partial charge in [0.25, 0.3) is 11.6 Å². The first-order chi connectivity index (χ1) is 18.6. The highest BCUT2D eigenvalue weighted by molar-refractivity contribution is 7.99. The molecular weight excluding hydrogens is 506 g/mol. The molecule has 2 heterocycles. The second-order valence-corrected chi connectivity index (χ2v) is 8.53. The number of nitro benzene ring substituents is 1. The molecule has 38 heavy (non-hydrogen) atoms. The molecule has 0 fully saturated rings. The Morgan fingerprint density at radius 2 is 1.97 bits per heavy atom. The summed E-state index contributed by atoms with van der Waals surface area (Å²) in [5.74, 6) is 1.01. The van der Waals surface area contributed by atoms with E-state index < -0.39 is 4.92 Å². The topological polar surface area (TPSA) is 137 Å². The molecule has 0 radical (unpaired) electrons. The van der Waals surface area contributed by atoms with E-state index in [1.54, 1.807) is 36.7 Å². The summed E-state index contributed by atoms with van der Waals surface area (Å²) < 4.78 is 7.39. The third-order valence-corrected chi connectivity index (χ3v) is 5.98. The van der Waals surface area contributed by atoms with Crippen LogP contribution in [0.4, 0.5) is 5.69 Å². The molecule has 0 bridgehead atoms. The fraction of sp³-hybridized carbons (Fsp3) is 0.115. The first-order valence-corrected chi connectivity index (χ1v) is 12.5. The molecule has 0 saturated heterocycles. The Hall–Kier alpha value is -4.84. The van der Waals surface area contributed by atoms with Gasteiger partial charge in [0.1, 0.15) is 5.75 Å². The van der Waals surface area contributed by atoms with Crippen LogP contribution in [0.5, 0.6) is 5.75 Å². The van der Waals surface area contributed by atoms with Crippen molar-refractivity contribution < 1.29 is 14.5 Å². The van der Waals surface area contributed by atoms with Crippen molar-refractivity contribution in [1.82, 2.24) is 25.2 Å². The number of nitrogens with zero attached hydrogens (tertiary/aromatic N) is 6. The standard InChI is InChI=1S/C26H23N7O4S/c1-2-37-22-13-11-21(12-14-22)32-25(20-9-5-15-27-17-20)30-31-26(32)38-18-24(34)29-28-16-6-8-19-7-3-4-10-23(19)33(35)36/h3-17H,2,18H2,1H3,(H,29,34). The maximum atomic E-state index is 12.4. The summed E-state index contributed by atoms with van der Waals surface area (Å²) in [5.41, 5.74) is 4.44. The number of thioether (sulfide) groups is 1. The van der Waals surface area contributed by atoms with E-state index in [9.17, 15) is 14.9 Å². The first kappa shape index (κ1) is 26.2. The summed E-state index contributed by atoms with van der Waals surface area (Å²) in [6.07, 6.45) is 7.78. The lowest BCUT2D eigenvalue weighted by atomic mass is 10.2. The summed E-state index contributed by atoms with van der Waals surface area (Å²) in [5, 5.41) is 24.1. The predicted octanol–water partition coefficient (Wildman–Crippen LogP) is 4.54. The molecule has 1 amide bonds. The molecule has 192 valence electrons. The van der Waals surface area contributed by atoms with Crippen LogP contribution in [0.25, 0.3) is 23.2 Å². The van der Waals surface area contributed by atoms with E-state index in [1.165, 1.54) is 30.1 Å². The van der Waals surface area contributed by atoms with Crippen LogP contribution in [-0.4, -0.2) is 49.2 Å². The molecule has 12 heteroatoms. The summed E-state index contributed by atoms with van der Waals surface area (Å²) in [4.78, 5) is 27.2. The first-order valence-electron chi connectivity index (χ1n) is 11.5. The molecule has 0 aliphatic carbocycles. The van der Waals surface area contributed by atoms with Crippen LogP contribution in [0.3, 0.4) is 0 Å². The van der Waals surface area contributed by atoms with E-state index in [4.69, 9.17) is 4.74 Å². The predicted molar refractivity (Wildman–Crippen MR) is 145 cm³/mol. The van der Waals surface area contributed by atoms with Crippen molar-refractivity contribution in [3.63, 3.8) is 0 Å². The van der Waals surface area contributed by atoms with E-state index in [1.807, 2.05) is 47.9 Å². The minimum atomic E-state index is -0.457. The average Bonchev–Trinajstić information content (AvgIpc) is 3.37. The average molecular weight is 530 g/mol. The highest BCUT2D eigenvalue weighted by Crippen LogP contribution is 2.28. The number of para-hydroxylation sites is 1. The highest BCUT2D eigenvalue weighted by atomic mass is 32.2. The number of aromatic nitrogens is 4. The molecule has 0 unspecified atom stereocenters. The number of carbonyl (C=O) groups excluding carboxylic acids is 1. The third-order valence-electron chi connectivity index (χ3n) is 5.05. The van der Waals surface area contributed by atoms with E-state index >= 15 is 0 Å². The zero-order valence-corrected chi connectivity index (χ0v) is 21.1. The fourth-order valence-corrected chi connectivity index (χ4v) is 4.14. The van der Waals surface area contributed by atoms with Crippen LogP contribution in [0, 0.1) is 10.1 Å². The largest absolute Gasteiger partial charge is 0.494 e. The number of benzene rings is 2. The lowest BCUT2D eigenvalue weighted by Crippen LogP contribution is -2.19. The second-order valence-electron chi connectivity index (χ2n) is 7.59. The van der Waals surface area contributed by atoms with Gasteiger partial charge in [-0.05, 0) is 61.5 Å². The van der Waals surface area contributed by atoms with Crippen LogP contribution < -0.4 is 10.2 Å². The zero-order valence-electron chi connectivity index (χ0n) is 20.3. The van der Waals surface area contributed by atoms with Crippen molar-refractivity contribution in [1.29, 1.82) is 0 Å². The van der Waals surface area contributed by atoms with Gasteiger partial charge in [0.05, 0.1) is 22.8 Å². The number of hydrogen-bond donors (Lipinski definition) is 1. The number of amides is 1. The molecule has 1 N–H and O–H groups in total. The SMILES string of the molecule is CCOc1ccc(-n2c(SCC(=O)NN=CC=Cc3ccccc3[N+](=O)[O-])nnc2-c2cccnc2)cc1. The van der Waals surface area contributed by atoms with Crippen LogP contribution in [0.1, 0.15) is 12.5 Å². The van der Waals surface area contributed by atoms with Crippen molar-refractivity contribution in [2.75, 3.05) is 12.4 Å². The molecule has 2 aromatic carbocycles. The molecule has 2 aromatic heterocycles. The van der Waals surface area contributed by atoms with Gasteiger partial charge in [0.2, 0.25) is 0 Å². The van der Waals surface area contributed by atoms with Gasteiger partial charge in [0.15, 0.2) is 11.0 Å². The van der Waals surface area contributed by atoms with E-state index in [-0.39, 0.29) is 17.3 Å². The summed E-state index contributed by atoms with van der Waals surface area (Å²) in [6.45, 7) is 2.48. The number of hydrogen-bond acceptors (Lipinski definition) is 9. The normalized spacial score (nSPS) is 11.2. The number of allylic oxidation sites excluding steroid dienone is 1. The van der Waals surface area contributed by atoms with Gasteiger partial charge in [-0.25, -0.2) is 5.43 Å². The lowest BCUT2D eigenvalue weighted by molar-refractivity contribution is -0.385. The van der Waals surface area contributed by atoms with Crippen molar-refractivity contribution in [3.05, 3.63) is 94.8 Å². The smallest absolute Gasteiger partial charge is 0.276 e. The number of carbonyl (C=O) groups is 1. The zero-order chi connectivity index (χ0) is 26.7. The van der Waals surface area contributed by atoms with E-state index in [0.717, 1.165) is 17.0 Å². The van der Waals surface area contributed by atoms with Gasteiger partial charge in [-0.3, -0.25) is 24.5 Å². The van der Waals surface area contributed by atoms with E-state index in [2.05, 4.69) is 25.7 Å². The second kappa shape index (κ2) is 12.9. The molecule has 0 aliphatic rings. The van der Waals surface area contributed by atoms with Gasteiger partial charge >= 0.3 is 0 Å². The Kier molecular flexibility index (Phi) is 8.92. The quantitative estimate of drug-likeness (QED) is 0.129. The van der Waals surface area contributed by atoms with Crippen LogP contribution in [0.15, 0.2) is 89.4 Å². The fourth-order valence-electron chi connectivity index (χ4n) is 3.39. The summed E-state index contributed by atoms with van der Waals surface area (Å²) in [6, 6.07) is 17.5. The maximum absolute atomic E-state index is 12.4. The Labute approximate surface area is 222 Å². The van der Waals surface area contributed by atoms with Crippen LogP contribution in [0.2, 0.25) is 0 Å². The molecular formula is C26H23N7O4S. The van der Waals surface area contributed by atoms with Crippen molar-refractivity contribution in [2.24, 2.45) is 5.10 Å². The van der Waals surface area contributed by atoms with E-state index in [0.29, 0.717) is 23.2 Å². The molecule has 0 spiro atoms. The molecule has 0 saturated carbocycles. The Balaban J connectivity index is 1.43. The van der Waals surface area contributed by atoms with Crippen LogP contribution in [-0.2, 0) is 4.79 Å². The van der Waals surface area contributed by atoms with Gasteiger partial charge < -0.3 is 4.74 Å². The van der Waals surface area contributed by atoms with Crippen LogP contribution >= 0.6 is 11.8 Å². The monoisotopic (exact) mass is 529 g/mol. The van der Waals surface area contributed by atoms with Crippen molar-refractivity contribution >= 4 is 35.6 Å². The Bertz CT molecular complexity index is 1450. The van der Waals surface area contributed by atoms with Gasteiger partial charge in [-0.1, -0.05) is 23.9 Å². The number of nitrogens with one attached hydrogen (secondary N) is 1. The molecule has 0 aliphatic heterocycles. The van der Waals surface area contributed by atoms with Gasteiger partial charge in [-0.2, -0.15) is 5.10 Å². The summed E-state index contributed by atoms with van der Waals surface area (Å²) >= 11 is 1.20. The maximum Gasteiger partial charge on any atom is 0.276 e. The summed E-state index contributed by atoms with van der Waals surface area (Å²) in [7, 11) is 0. The lowest BCUT2D eigenvalue weighted by Gasteiger charge is -2.11. The number of hydrazone groups is 1. The Morgan fingerprint density at radius 3 is 2.71 bits per heavy atom. The highest BCUT2D eigenvalue weighted by Gasteiger charge is 2.17. The molecule has 0 atom stereocenters. The third kappa shape index (κ3) is 6.68. The molecule has 4 aromatic rings. The molecule has 4 rings (SSSR count). The number of pyridine rings is 1. The molecule has 11 nitrogen and oxygen atoms in total. The van der Waals surface area contributed by atoms with Crippen molar-refractivity contribution in [2.45, 2.75) is 12.1 Å². The van der Waals surface area contributed by atoms with Gasteiger partial charge in [-0.15, -0.1) is 10.2 Å². The number of rotatable bonds is 11. The van der Waals surface area contributed by atoms with Crippen molar-refractivity contribution in [3.8, 4) is 22.8 Å².